The summed E-state index contributed by atoms with van der Waals surface area (Å²) in [5.41, 5.74) is 6.67. The van der Waals surface area contributed by atoms with E-state index in [1.807, 2.05) is 104 Å². The zero-order valence-electron chi connectivity index (χ0n) is 28.4. The van der Waals surface area contributed by atoms with E-state index in [1.54, 1.807) is 15.9 Å². The number of hydrogen-bond acceptors (Lipinski definition) is 4. The summed E-state index contributed by atoms with van der Waals surface area (Å²) >= 11 is 0. The highest BCUT2D eigenvalue weighted by Crippen LogP contribution is 2.27. The van der Waals surface area contributed by atoms with Crippen molar-refractivity contribution in [2.75, 3.05) is 18.4 Å². The van der Waals surface area contributed by atoms with Crippen molar-refractivity contribution in [3.63, 3.8) is 0 Å². The Morgan fingerprint density at radius 1 is 0.780 bits per heavy atom. The van der Waals surface area contributed by atoms with Gasteiger partial charge in [0.2, 0.25) is 23.6 Å². The molecule has 3 aromatic carbocycles. The third-order valence-electron chi connectivity index (χ3n) is 9.46. The van der Waals surface area contributed by atoms with Gasteiger partial charge in [0.15, 0.2) is 0 Å². The molecule has 0 saturated carbocycles. The van der Waals surface area contributed by atoms with Gasteiger partial charge in [0.05, 0.1) is 12.8 Å². The normalized spacial score (nSPS) is 17.4. The molecule has 0 radical (unpaired) electrons. The molecule has 9 heteroatoms. The highest BCUT2D eigenvalue weighted by atomic mass is 16.2. The summed E-state index contributed by atoms with van der Waals surface area (Å²) in [7, 11) is 0. The molecule has 4 amide bonds. The molecule has 9 nitrogen and oxygen atoms in total. The SMILES string of the molecule is C=C/C(=C\c1cc(-c2ccc(NC(=O)[C@@H]3CCCN3C(=O)Cc3ccccc3)cc2)[nH]c1C)NC(=O)[C@@H]1CCCN1C(=O)Cc1ccccc1. The van der Waals surface area contributed by atoms with Crippen LogP contribution in [0.1, 0.15) is 48.1 Å². The fourth-order valence-corrected chi connectivity index (χ4v) is 6.80. The number of carbonyl (C=O) groups excluding carboxylic acids is 4. The summed E-state index contributed by atoms with van der Waals surface area (Å²) < 4.78 is 0. The monoisotopic (exact) mass is 669 g/mol. The lowest BCUT2D eigenvalue weighted by atomic mass is 10.1. The van der Waals surface area contributed by atoms with Crippen LogP contribution in [0.4, 0.5) is 5.69 Å². The zero-order chi connectivity index (χ0) is 35.0. The van der Waals surface area contributed by atoms with Gasteiger partial charge in [0, 0.05) is 35.9 Å². The average molecular weight is 670 g/mol. The highest BCUT2D eigenvalue weighted by Gasteiger charge is 2.35. The molecule has 0 bridgehead atoms. The number of nitrogens with zero attached hydrogens (tertiary/aromatic N) is 2. The van der Waals surface area contributed by atoms with E-state index >= 15 is 0 Å². The van der Waals surface area contributed by atoms with Crippen LogP contribution in [0.25, 0.3) is 17.3 Å². The van der Waals surface area contributed by atoms with Gasteiger partial charge in [-0.25, -0.2) is 0 Å². The number of allylic oxidation sites excluding steroid dienone is 1. The van der Waals surface area contributed by atoms with Crippen LogP contribution in [0.2, 0.25) is 0 Å². The minimum Gasteiger partial charge on any atom is -0.358 e. The van der Waals surface area contributed by atoms with Crippen LogP contribution in [0.15, 0.2) is 109 Å². The third kappa shape index (κ3) is 8.11. The average Bonchev–Trinajstić information content (AvgIpc) is 3.90. The maximum atomic E-state index is 13.4. The lowest BCUT2D eigenvalue weighted by Gasteiger charge is -2.24. The second-order valence-electron chi connectivity index (χ2n) is 12.9. The first-order chi connectivity index (χ1) is 24.3. The molecule has 2 aliphatic rings. The number of likely N-dealkylation sites (tertiary alicyclic amines) is 2. The summed E-state index contributed by atoms with van der Waals surface area (Å²) in [4.78, 5) is 59.4. The summed E-state index contributed by atoms with van der Waals surface area (Å²) in [6, 6.07) is 27.7. The number of aryl methyl sites for hydroxylation is 1. The van der Waals surface area contributed by atoms with Gasteiger partial charge >= 0.3 is 0 Å². The number of H-pyrrole nitrogens is 1. The number of rotatable bonds is 11. The quantitative estimate of drug-likeness (QED) is 0.169. The Bertz CT molecular complexity index is 1880. The summed E-state index contributed by atoms with van der Waals surface area (Å²) in [6.07, 6.45) is 6.85. The van der Waals surface area contributed by atoms with Crippen LogP contribution >= 0.6 is 0 Å². The maximum Gasteiger partial charge on any atom is 0.247 e. The first-order valence-electron chi connectivity index (χ1n) is 17.2. The number of aromatic nitrogens is 1. The van der Waals surface area contributed by atoms with Gasteiger partial charge in [0.1, 0.15) is 12.1 Å². The standard InChI is InChI=1S/C41H43N5O4/c1-3-33(43-40(49)36-16-10-22-45(36)38(47)24-29-12-6-4-7-13-29)26-32-27-35(42-28(32)2)31-18-20-34(21-19-31)44-41(50)37-17-11-23-46(37)39(48)25-30-14-8-5-9-15-30/h3-9,12-15,18-21,26-27,36-37,42H,1,10-11,16-17,22-25H2,2H3,(H,43,49)(H,44,50)/b33-26+/t36-,37-/m0/s1. The number of amides is 4. The summed E-state index contributed by atoms with van der Waals surface area (Å²) in [5.74, 6) is -0.489. The largest absolute Gasteiger partial charge is 0.358 e. The van der Waals surface area contributed by atoms with Gasteiger partial charge in [-0.2, -0.15) is 0 Å². The minimum absolute atomic E-state index is 0.0372. The van der Waals surface area contributed by atoms with Crippen LogP contribution in [-0.4, -0.2) is 63.6 Å². The topological polar surface area (TPSA) is 115 Å². The van der Waals surface area contributed by atoms with E-state index in [2.05, 4.69) is 22.2 Å². The van der Waals surface area contributed by atoms with Crippen LogP contribution in [-0.2, 0) is 32.0 Å². The molecule has 3 heterocycles. The smallest absolute Gasteiger partial charge is 0.247 e. The number of nitrogens with one attached hydrogen (secondary N) is 3. The maximum absolute atomic E-state index is 13.4. The number of anilines is 1. The number of aromatic amines is 1. The molecule has 2 fully saturated rings. The second kappa shape index (κ2) is 15.7. The van der Waals surface area contributed by atoms with E-state index in [0.717, 1.165) is 46.5 Å². The fourth-order valence-electron chi connectivity index (χ4n) is 6.80. The molecule has 0 spiro atoms. The molecule has 50 heavy (non-hydrogen) atoms. The predicted octanol–water partition coefficient (Wildman–Crippen LogP) is 6.04. The molecule has 0 aliphatic carbocycles. The van der Waals surface area contributed by atoms with Crippen molar-refractivity contribution >= 4 is 35.4 Å². The zero-order valence-corrected chi connectivity index (χ0v) is 28.4. The van der Waals surface area contributed by atoms with Crippen molar-refractivity contribution < 1.29 is 19.2 Å². The van der Waals surface area contributed by atoms with Gasteiger partial charge < -0.3 is 25.4 Å². The molecule has 1 aromatic heterocycles. The van der Waals surface area contributed by atoms with E-state index < -0.39 is 12.1 Å². The molecule has 3 N–H and O–H groups in total. The van der Waals surface area contributed by atoms with Gasteiger partial charge in [-0.05, 0) is 85.2 Å². The molecule has 256 valence electrons. The molecular formula is C41H43N5O4. The summed E-state index contributed by atoms with van der Waals surface area (Å²) in [5, 5.41) is 5.98. The van der Waals surface area contributed by atoms with E-state index in [4.69, 9.17) is 0 Å². The van der Waals surface area contributed by atoms with E-state index in [-0.39, 0.29) is 36.5 Å². The Morgan fingerprint density at radius 3 is 1.86 bits per heavy atom. The Kier molecular flexibility index (Phi) is 10.7. The molecular weight excluding hydrogens is 626 g/mol. The minimum atomic E-state index is -0.525. The van der Waals surface area contributed by atoms with Gasteiger partial charge in [-0.1, -0.05) is 79.4 Å². The van der Waals surface area contributed by atoms with Crippen molar-refractivity contribution in [1.29, 1.82) is 0 Å². The lowest BCUT2D eigenvalue weighted by Crippen LogP contribution is -2.46. The second-order valence-corrected chi connectivity index (χ2v) is 12.9. The predicted molar refractivity (Wildman–Crippen MR) is 196 cm³/mol. The van der Waals surface area contributed by atoms with E-state index in [0.29, 0.717) is 37.3 Å². The molecule has 6 rings (SSSR count). The molecule has 2 atom stereocenters. The third-order valence-corrected chi connectivity index (χ3v) is 9.46. The Hall–Kier alpha value is -5.70. The highest BCUT2D eigenvalue weighted by molar-refractivity contribution is 5.98. The van der Waals surface area contributed by atoms with Crippen LogP contribution in [0.3, 0.4) is 0 Å². The molecule has 4 aromatic rings. The number of carbonyl (C=O) groups is 4. The Balaban J connectivity index is 1.06. The fraction of sp³-hybridized carbons (Fsp3) is 0.268. The summed E-state index contributed by atoms with van der Waals surface area (Å²) in [6.45, 7) is 7.01. The number of hydrogen-bond donors (Lipinski definition) is 3. The van der Waals surface area contributed by atoms with E-state index in [1.165, 1.54) is 0 Å². The van der Waals surface area contributed by atoms with Crippen molar-refractivity contribution in [2.24, 2.45) is 0 Å². The van der Waals surface area contributed by atoms with Crippen LogP contribution in [0, 0.1) is 6.92 Å². The Labute approximate surface area is 293 Å². The molecule has 2 aliphatic heterocycles. The van der Waals surface area contributed by atoms with Crippen LogP contribution < -0.4 is 10.6 Å². The van der Waals surface area contributed by atoms with Gasteiger partial charge in [-0.3, -0.25) is 19.2 Å². The van der Waals surface area contributed by atoms with E-state index in [9.17, 15) is 19.2 Å². The molecule has 2 saturated heterocycles. The first-order valence-corrected chi connectivity index (χ1v) is 17.2. The Morgan fingerprint density at radius 2 is 1.32 bits per heavy atom. The first kappa shape index (κ1) is 34.2. The van der Waals surface area contributed by atoms with Gasteiger partial charge in [-0.15, -0.1) is 0 Å². The van der Waals surface area contributed by atoms with Crippen molar-refractivity contribution in [3.8, 4) is 11.3 Å². The number of benzene rings is 3. The van der Waals surface area contributed by atoms with Crippen molar-refractivity contribution in [1.82, 2.24) is 20.1 Å². The molecule has 0 unspecified atom stereocenters. The lowest BCUT2D eigenvalue weighted by molar-refractivity contribution is -0.137. The van der Waals surface area contributed by atoms with Crippen molar-refractivity contribution in [2.45, 2.75) is 57.5 Å². The van der Waals surface area contributed by atoms with Crippen molar-refractivity contribution in [3.05, 3.63) is 132 Å². The van der Waals surface area contributed by atoms with Gasteiger partial charge in [0.25, 0.3) is 0 Å². The van der Waals surface area contributed by atoms with Crippen LogP contribution in [0.5, 0.6) is 0 Å².